The Hall–Kier alpha value is -2.25. The molecule has 4 heteroatoms. The van der Waals surface area contributed by atoms with Crippen LogP contribution in [0.5, 0.6) is 0 Å². The van der Waals surface area contributed by atoms with E-state index in [4.69, 9.17) is 5.73 Å². The van der Waals surface area contributed by atoms with Gasteiger partial charge in [0.1, 0.15) is 0 Å². The van der Waals surface area contributed by atoms with Gasteiger partial charge in [0.2, 0.25) is 0 Å². The fraction of sp³-hybridized carbons (Fsp3) is 0.312. The lowest BCUT2D eigenvalue weighted by atomic mass is 10.1. The van der Waals surface area contributed by atoms with E-state index in [1.165, 1.54) is 0 Å². The normalized spacial score (nSPS) is 13.8. The van der Waals surface area contributed by atoms with Gasteiger partial charge in [-0.1, -0.05) is 30.0 Å². The van der Waals surface area contributed by atoms with E-state index in [2.05, 4.69) is 11.8 Å². The van der Waals surface area contributed by atoms with Crippen LogP contribution in [0.4, 0.5) is 0 Å². The van der Waals surface area contributed by atoms with E-state index in [1.54, 1.807) is 4.57 Å². The predicted molar refractivity (Wildman–Crippen MR) is 78.4 cm³/mol. The zero-order chi connectivity index (χ0) is 13.9. The molecule has 1 saturated carbocycles. The van der Waals surface area contributed by atoms with Crippen molar-refractivity contribution in [3.8, 4) is 11.8 Å². The molecule has 1 heterocycles. The van der Waals surface area contributed by atoms with Gasteiger partial charge in [-0.3, -0.25) is 9.13 Å². The maximum atomic E-state index is 12.2. The van der Waals surface area contributed by atoms with E-state index in [-0.39, 0.29) is 5.69 Å². The van der Waals surface area contributed by atoms with Crippen molar-refractivity contribution in [3.05, 3.63) is 58.3 Å². The number of nitrogens with two attached hydrogens (primary N) is 1. The van der Waals surface area contributed by atoms with Crippen LogP contribution < -0.4 is 11.4 Å². The van der Waals surface area contributed by atoms with Crippen molar-refractivity contribution in [2.24, 2.45) is 5.73 Å². The summed E-state index contributed by atoms with van der Waals surface area (Å²) in [5, 5.41) is 0. The largest absolute Gasteiger partial charge is 0.328 e. The summed E-state index contributed by atoms with van der Waals surface area (Å²) in [5.74, 6) is 5.92. The van der Waals surface area contributed by atoms with E-state index in [9.17, 15) is 4.79 Å². The van der Waals surface area contributed by atoms with Crippen LogP contribution in [0.25, 0.3) is 0 Å². The zero-order valence-electron chi connectivity index (χ0n) is 11.2. The maximum absolute atomic E-state index is 12.2. The first-order chi connectivity index (χ1) is 9.79. The van der Waals surface area contributed by atoms with Gasteiger partial charge in [0.15, 0.2) is 0 Å². The molecule has 0 aliphatic heterocycles. The quantitative estimate of drug-likeness (QED) is 0.853. The highest BCUT2D eigenvalue weighted by atomic mass is 16.1. The maximum Gasteiger partial charge on any atom is 0.328 e. The molecule has 0 radical (unpaired) electrons. The average molecular weight is 267 g/mol. The summed E-state index contributed by atoms with van der Waals surface area (Å²) in [6.07, 6.45) is 5.97. The molecule has 4 nitrogen and oxygen atoms in total. The summed E-state index contributed by atoms with van der Waals surface area (Å²) >= 11 is 0. The Balaban J connectivity index is 1.89. The Morgan fingerprint density at radius 2 is 2.05 bits per heavy atom. The molecule has 1 fully saturated rings. The van der Waals surface area contributed by atoms with Crippen molar-refractivity contribution in [1.82, 2.24) is 9.13 Å². The third-order valence-electron chi connectivity index (χ3n) is 3.50. The van der Waals surface area contributed by atoms with Crippen LogP contribution in [0.15, 0.2) is 41.5 Å². The third kappa shape index (κ3) is 2.54. The van der Waals surface area contributed by atoms with E-state index >= 15 is 0 Å². The minimum Gasteiger partial charge on any atom is -0.320 e. The van der Waals surface area contributed by atoms with Crippen LogP contribution in [0.3, 0.4) is 0 Å². The molecule has 0 bridgehead atoms. The Morgan fingerprint density at radius 3 is 2.80 bits per heavy atom. The molecule has 1 aromatic carbocycles. The number of imidazole rings is 1. The van der Waals surface area contributed by atoms with Crippen LogP contribution in [0, 0.1) is 11.8 Å². The van der Waals surface area contributed by atoms with Gasteiger partial charge in [-0.25, -0.2) is 4.79 Å². The summed E-state index contributed by atoms with van der Waals surface area (Å²) in [4.78, 5) is 12.2. The minimum atomic E-state index is 0.0640. The smallest absolute Gasteiger partial charge is 0.320 e. The fourth-order valence-electron chi connectivity index (χ4n) is 2.29. The summed E-state index contributed by atoms with van der Waals surface area (Å²) in [7, 11) is 0. The van der Waals surface area contributed by atoms with E-state index in [0.717, 1.165) is 24.0 Å². The first-order valence-corrected chi connectivity index (χ1v) is 6.83. The highest BCUT2D eigenvalue weighted by molar-refractivity contribution is 5.41. The van der Waals surface area contributed by atoms with Crippen molar-refractivity contribution >= 4 is 0 Å². The van der Waals surface area contributed by atoms with Crippen LogP contribution in [0.2, 0.25) is 0 Å². The predicted octanol–water partition coefficient (Wildman–Crippen LogP) is 1.34. The number of hydrogen-bond acceptors (Lipinski definition) is 2. The molecule has 0 atom stereocenters. The topological polar surface area (TPSA) is 52.9 Å². The lowest BCUT2D eigenvalue weighted by molar-refractivity contribution is 0.656. The van der Waals surface area contributed by atoms with Gasteiger partial charge < -0.3 is 5.73 Å². The molecule has 102 valence electrons. The SMILES string of the molecule is NCC#Cc1ccccc1Cn1ccn(C2CC2)c1=O. The van der Waals surface area contributed by atoms with Crippen molar-refractivity contribution < 1.29 is 0 Å². The van der Waals surface area contributed by atoms with E-state index in [0.29, 0.717) is 19.1 Å². The molecule has 1 aliphatic carbocycles. The number of benzene rings is 1. The molecule has 0 unspecified atom stereocenters. The Kier molecular flexibility index (Phi) is 3.44. The summed E-state index contributed by atoms with van der Waals surface area (Å²) in [5.41, 5.74) is 7.46. The van der Waals surface area contributed by atoms with Gasteiger partial charge in [-0.2, -0.15) is 0 Å². The molecular weight excluding hydrogens is 250 g/mol. The number of nitrogens with zero attached hydrogens (tertiary/aromatic N) is 2. The highest BCUT2D eigenvalue weighted by Gasteiger charge is 2.25. The second-order valence-corrected chi connectivity index (χ2v) is 5.01. The lowest BCUT2D eigenvalue weighted by Gasteiger charge is -2.05. The number of rotatable bonds is 3. The fourth-order valence-corrected chi connectivity index (χ4v) is 2.29. The highest BCUT2D eigenvalue weighted by Crippen LogP contribution is 2.33. The van der Waals surface area contributed by atoms with Crippen LogP contribution in [-0.2, 0) is 6.54 Å². The van der Waals surface area contributed by atoms with Gasteiger partial charge >= 0.3 is 5.69 Å². The van der Waals surface area contributed by atoms with Crippen LogP contribution in [-0.4, -0.2) is 15.7 Å². The molecule has 2 aromatic rings. The molecule has 1 aromatic heterocycles. The van der Waals surface area contributed by atoms with Crippen molar-refractivity contribution in [1.29, 1.82) is 0 Å². The standard InChI is InChI=1S/C16H17N3O/c17-9-3-6-13-4-1-2-5-14(13)12-18-10-11-19(16(18)20)15-7-8-15/h1-2,4-5,10-11,15H,7-9,12,17H2. The zero-order valence-corrected chi connectivity index (χ0v) is 11.2. The molecule has 0 saturated heterocycles. The number of hydrogen-bond donors (Lipinski definition) is 1. The summed E-state index contributed by atoms with van der Waals surface area (Å²) in [6.45, 7) is 0.889. The molecule has 20 heavy (non-hydrogen) atoms. The molecule has 0 spiro atoms. The molecule has 0 amide bonds. The molecular formula is C16H17N3O. The van der Waals surface area contributed by atoms with Crippen molar-refractivity contribution in [3.63, 3.8) is 0 Å². The van der Waals surface area contributed by atoms with Gasteiger partial charge in [-0.05, 0) is 24.5 Å². The molecule has 3 rings (SSSR count). The van der Waals surface area contributed by atoms with Gasteiger partial charge in [0.05, 0.1) is 13.1 Å². The molecule has 1 aliphatic rings. The van der Waals surface area contributed by atoms with Gasteiger partial charge in [0, 0.05) is 24.0 Å². The van der Waals surface area contributed by atoms with Crippen molar-refractivity contribution in [2.45, 2.75) is 25.4 Å². The van der Waals surface area contributed by atoms with Crippen LogP contribution >= 0.6 is 0 Å². The summed E-state index contributed by atoms with van der Waals surface area (Å²) in [6, 6.07) is 8.28. The van der Waals surface area contributed by atoms with Gasteiger partial charge in [0.25, 0.3) is 0 Å². The summed E-state index contributed by atoms with van der Waals surface area (Å²) < 4.78 is 3.56. The van der Waals surface area contributed by atoms with Gasteiger partial charge in [-0.15, -0.1) is 0 Å². The first-order valence-electron chi connectivity index (χ1n) is 6.83. The second kappa shape index (κ2) is 5.40. The van der Waals surface area contributed by atoms with Crippen molar-refractivity contribution in [2.75, 3.05) is 6.54 Å². The lowest BCUT2D eigenvalue weighted by Crippen LogP contribution is -2.24. The van der Waals surface area contributed by atoms with E-state index in [1.807, 2.05) is 41.2 Å². The monoisotopic (exact) mass is 267 g/mol. The van der Waals surface area contributed by atoms with Crippen LogP contribution in [0.1, 0.15) is 30.0 Å². The number of aromatic nitrogens is 2. The third-order valence-corrected chi connectivity index (χ3v) is 3.50. The van der Waals surface area contributed by atoms with E-state index < -0.39 is 0 Å². The molecule has 2 N–H and O–H groups in total. The Bertz CT molecular complexity index is 726. The first kappa shape index (κ1) is 12.8. The Labute approximate surface area is 117 Å². The minimum absolute atomic E-state index is 0.0640. The average Bonchev–Trinajstić information content (AvgIpc) is 3.24. The second-order valence-electron chi connectivity index (χ2n) is 5.01. The Morgan fingerprint density at radius 1 is 1.25 bits per heavy atom.